The van der Waals surface area contributed by atoms with Crippen LogP contribution in [-0.2, 0) is 11.2 Å². The number of nitrogens with two attached hydrogens (primary N) is 1. The first-order valence-corrected chi connectivity index (χ1v) is 6.80. The molecule has 1 aliphatic heterocycles. The van der Waals surface area contributed by atoms with Crippen molar-refractivity contribution in [3.05, 3.63) is 33.4 Å². The Labute approximate surface area is 111 Å². The molecule has 1 aliphatic rings. The van der Waals surface area contributed by atoms with Crippen LogP contribution in [0.15, 0.2) is 24.3 Å². The molecule has 0 radical (unpaired) electrons. The van der Waals surface area contributed by atoms with Gasteiger partial charge in [0.05, 0.1) is 6.10 Å². The maximum absolute atomic E-state index is 5.96. The third-order valence-electron chi connectivity index (χ3n) is 3.71. The molecule has 88 valence electrons. The van der Waals surface area contributed by atoms with Crippen molar-refractivity contribution >= 4 is 22.6 Å². The normalized spacial score (nSPS) is 29.6. The summed E-state index contributed by atoms with van der Waals surface area (Å²) in [5, 5.41) is 0. The van der Waals surface area contributed by atoms with Gasteiger partial charge in [-0.3, -0.25) is 0 Å². The average molecular weight is 331 g/mol. The largest absolute Gasteiger partial charge is 0.378 e. The fourth-order valence-corrected chi connectivity index (χ4v) is 2.76. The summed E-state index contributed by atoms with van der Waals surface area (Å²) in [7, 11) is 0. The van der Waals surface area contributed by atoms with Gasteiger partial charge < -0.3 is 10.5 Å². The van der Waals surface area contributed by atoms with Gasteiger partial charge in [-0.15, -0.1) is 0 Å². The minimum Gasteiger partial charge on any atom is -0.378 e. The number of ether oxygens (including phenoxy) is 1. The Hall–Kier alpha value is -0.130. The van der Waals surface area contributed by atoms with E-state index in [1.807, 2.05) is 0 Å². The topological polar surface area (TPSA) is 35.2 Å². The maximum atomic E-state index is 5.96. The van der Waals surface area contributed by atoms with E-state index in [1.165, 1.54) is 9.13 Å². The van der Waals surface area contributed by atoms with Crippen LogP contribution in [0.5, 0.6) is 0 Å². The number of hydrogen-bond donors (Lipinski definition) is 1. The van der Waals surface area contributed by atoms with Gasteiger partial charge in [-0.05, 0) is 60.1 Å². The zero-order chi connectivity index (χ0) is 11.6. The molecule has 0 aromatic heterocycles. The van der Waals surface area contributed by atoms with Crippen LogP contribution in [0.1, 0.15) is 18.9 Å². The van der Waals surface area contributed by atoms with Gasteiger partial charge in [0.25, 0.3) is 0 Å². The van der Waals surface area contributed by atoms with Gasteiger partial charge in [0.2, 0.25) is 0 Å². The Bertz CT molecular complexity index is 351. The smallest absolute Gasteiger partial charge is 0.0619 e. The van der Waals surface area contributed by atoms with Gasteiger partial charge in [0, 0.05) is 22.1 Å². The van der Waals surface area contributed by atoms with E-state index in [4.69, 9.17) is 10.5 Å². The molecule has 1 fully saturated rings. The highest BCUT2D eigenvalue weighted by molar-refractivity contribution is 14.1. The third-order valence-corrected chi connectivity index (χ3v) is 4.43. The van der Waals surface area contributed by atoms with Crippen molar-refractivity contribution in [2.75, 3.05) is 13.2 Å². The summed E-state index contributed by atoms with van der Waals surface area (Å²) in [6.45, 7) is 3.70. The molecule has 0 amide bonds. The Morgan fingerprint density at radius 3 is 2.62 bits per heavy atom. The Balaban J connectivity index is 2.15. The molecule has 2 N–H and O–H groups in total. The second-order valence-corrected chi connectivity index (χ2v) is 5.88. The molecule has 1 saturated heterocycles. The Kier molecular flexibility index (Phi) is 3.87. The van der Waals surface area contributed by atoms with E-state index in [2.05, 4.69) is 53.8 Å². The van der Waals surface area contributed by atoms with E-state index < -0.39 is 0 Å². The quantitative estimate of drug-likeness (QED) is 0.864. The molecule has 3 heteroatoms. The number of benzene rings is 1. The van der Waals surface area contributed by atoms with Crippen molar-refractivity contribution in [1.82, 2.24) is 0 Å². The molecule has 2 nitrogen and oxygen atoms in total. The monoisotopic (exact) mass is 331 g/mol. The van der Waals surface area contributed by atoms with E-state index in [-0.39, 0.29) is 11.5 Å². The van der Waals surface area contributed by atoms with Crippen molar-refractivity contribution in [2.24, 2.45) is 11.1 Å². The standard InChI is InChI=1S/C13H18INO/c1-10-13(9-15,6-7-16-10)8-11-2-4-12(14)5-3-11/h2-5,10H,6-9,15H2,1H3. The number of rotatable bonds is 3. The SMILES string of the molecule is CC1OCCC1(CN)Cc1ccc(I)cc1. The van der Waals surface area contributed by atoms with Gasteiger partial charge in [0.1, 0.15) is 0 Å². The van der Waals surface area contributed by atoms with E-state index in [0.717, 1.165) is 19.4 Å². The summed E-state index contributed by atoms with van der Waals surface area (Å²) in [5.41, 5.74) is 7.47. The molecule has 0 bridgehead atoms. The van der Waals surface area contributed by atoms with Crippen LogP contribution in [0, 0.1) is 8.99 Å². The maximum Gasteiger partial charge on any atom is 0.0619 e. The summed E-state index contributed by atoms with van der Waals surface area (Å²) >= 11 is 2.33. The van der Waals surface area contributed by atoms with E-state index >= 15 is 0 Å². The van der Waals surface area contributed by atoms with Crippen LogP contribution in [0.4, 0.5) is 0 Å². The van der Waals surface area contributed by atoms with Gasteiger partial charge in [-0.25, -0.2) is 0 Å². The first-order valence-electron chi connectivity index (χ1n) is 5.72. The molecule has 0 aliphatic carbocycles. The van der Waals surface area contributed by atoms with Crippen molar-refractivity contribution in [1.29, 1.82) is 0 Å². The lowest BCUT2D eigenvalue weighted by Gasteiger charge is -2.30. The van der Waals surface area contributed by atoms with Gasteiger partial charge in [-0.1, -0.05) is 12.1 Å². The predicted octanol–water partition coefficient (Wildman–Crippen LogP) is 2.59. The first-order chi connectivity index (χ1) is 7.66. The van der Waals surface area contributed by atoms with Gasteiger partial charge in [-0.2, -0.15) is 0 Å². The minimum absolute atomic E-state index is 0.146. The number of halogens is 1. The highest BCUT2D eigenvalue weighted by Crippen LogP contribution is 2.37. The summed E-state index contributed by atoms with van der Waals surface area (Å²) in [6.07, 6.45) is 2.38. The lowest BCUT2D eigenvalue weighted by atomic mass is 9.76. The van der Waals surface area contributed by atoms with E-state index in [0.29, 0.717) is 6.54 Å². The average Bonchev–Trinajstić information content (AvgIpc) is 2.64. The molecule has 1 aromatic carbocycles. The number of hydrogen-bond acceptors (Lipinski definition) is 2. The molecule has 2 unspecified atom stereocenters. The lowest BCUT2D eigenvalue weighted by Crippen LogP contribution is -2.38. The summed E-state index contributed by atoms with van der Waals surface area (Å²) in [6, 6.07) is 8.70. The molecule has 1 heterocycles. The zero-order valence-electron chi connectivity index (χ0n) is 9.58. The zero-order valence-corrected chi connectivity index (χ0v) is 11.7. The predicted molar refractivity (Wildman–Crippen MR) is 74.4 cm³/mol. The van der Waals surface area contributed by atoms with Crippen molar-refractivity contribution < 1.29 is 4.74 Å². The van der Waals surface area contributed by atoms with Crippen molar-refractivity contribution in [2.45, 2.75) is 25.9 Å². The fourth-order valence-electron chi connectivity index (χ4n) is 2.40. The molecule has 2 atom stereocenters. The molecule has 1 aromatic rings. The second kappa shape index (κ2) is 5.02. The lowest BCUT2D eigenvalue weighted by molar-refractivity contribution is 0.0673. The van der Waals surface area contributed by atoms with Crippen LogP contribution >= 0.6 is 22.6 Å². The molecule has 16 heavy (non-hydrogen) atoms. The van der Waals surface area contributed by atoms with Crippen LogP contribution in [0.25, 0.3) is 0 Å². The highest BCUT2D eigenvalue weighted by Gasteiger charge is 2.40. The van der Waals surface area contributed by atoms with Crippen LogP contribution < -0.4 is 5.73 Å². The summed E-state index contributed by atoms with van der Waals surface area (Å²) < 4.78 is 6.95. The Morgan fingerprint density at radius 1 is 1.44 bits per heavy atom. The molecular formula is C13H18INO. The van der Waals surface area contributed by atoms with Crippen LogP contribution in [-0.4, -0.2) is 19.3 Å². The Morgan fingerprint density at radius 2 is 2.12 bits per heavy atom. The highest BCUT2D eigenvalue weighted by atomic mass is 127. The van der Waals surface area contributed by atoms with Gasteiger partial charge >= 0.3 is 0 Å². The first kappa shape index (κ1) is 12.3. The second-order valence-electron chi connectivity index (χ2n) is 4.63. The molecule has 0 spiro atoms. The molecular weight excluding hydrogens is 313 g/mol. The summed E-state index contributed by atoms with van der Waals surface area (Å²) in [5.74, 6) is 0. The van der Waals surface area contributed by atoms with E-state index in [9.17, 15) is 0 Å². The van der Waals surface area contributed by atoms with E-state index in [1.54, 1.807) is 0 Å². The van der Waals surface area contributed by atoms with Crippen molar-refractivity contribution in [3.8, 4) is 0 Å². The minimum atomic E-state index is 0.146. The molecule has 2 rings (SSSR count). The molecule has 0 saturated carbocycles. The summed E-state index contributed by atoms with van der Waals surface area (Å²) in [4.78, 5) is 0. The fraction of sp³-hybridized carbons (Fsp3) is 0.538. The van der Waals surface area contributed by atoms with Crippen LogP contribution in [0.3, 0.4) is 0 Å². The van der Waals surface area contributed by atoms with Crippen LogP contribution in [0.2, 0.25) is 0 Å². The van der Waals surface area contributed by atoms with Crippen molar-refractivity contribution in [3.63, 3.8) is 0 Å². The third kappa shape index (κ3) is 2.41. The van der Waals surface area contributed by atoms with Gasteiger partial charge in [0.15, 0.2) is 0 Å².